The van der Waals surface area contributed by atoms with Crippen LogP contribution in [0.1, 0.15) is 51.5 Å². The zero-order chi connectivity index (χ0) is 17.4. The molecule has 0 unspecified atom stereocenters. The molecule has 2 rings (SSSR count). The highest BCUT2D eigenvalue weighted by Gasteiger charge is 2.17. The number of nitrogens with zero attached hydrogens (tertiary/aromatic N) is 1. The van der Waals surface area contributed by atoms with Crippen LogP contribution in [0.4, 0.5) is 5.69 Å². The Morgan fingerprint density at radius 1 is 1.21 bits per heavy atom. The third-order valence-corrected chi connectivity index (χ3v) is 4.50. The van der Waals surface area contributed by atoms with Crippen molar-refractivity contribution in [3.05, 3.63) is 41.5 Å². The lowest BCUT2D eigenvalue weighted by Crippen LogP contribution is -2.40. The van der Waals surface area contributed by atoms with Gasteiger partial charge in [0.1, 0.15) is 6.54 Å². The lowest BCUT2D eigenvalue weighted by atomic mass is 9.97. The molecule has 1 aliphatic carbocycles. The first-order valence-corrected chi connectivity index (χ1v) is 8.92. The van der Waals surface area contributed by atoms with Gasteiger partial charge in [-0.15, -0.1) is 0 Å². The molecule has 1 aliphatic rings. The minimum absolute atomic E-state index is 0.0748. The molecular weight excluding hydrogens is 300 g/mol. The van der Waals surface area contributed by atoms with Gasteiger partial charge in [-0.1, -0.05) is 36.8 Å². The molecular formula is C20H28N2O2. The number of hydrogen-bond donors (Lipinski definition) is 1. The van der Waals surface area contributed by atoms with Gasteiger partial charge >= 0.3 is 0 Å². The number of aryl methyl sites for hydroxylation is 1. The Morgan fingerprint density at radius 3 is 2.67 bits per heavy atom. The van der Waals surface area contributed by atoms with E-state index in [4.69, 9.17) is 0 Å². The highest BCUT2D eigenvalue weighted by atomic mass is 16.2. The SMILES string of the molecule is CCc1ccccc1N(CC(=O)NCCC1=CCCCC1)C(C)=O. The van der Waals surface area contributed by atoms with E-state index in [-0.39, 0.29) is 18.4 Å². The molecule has 0 aliphatic heterocycles. The summed E-state index contributed by atoms with van der Waals surface area (Å²) in [7, 11) is 0. The van der Waals surface area contributed by atoms with Crippen LogP contribution in [0.25, 0.3) is 0 Å². The maximum Gasteiger partial charge on any atom is 0.240 e. The van der Waals surface area contributed by atoms with Gasteiger partial charge in [0, 0.05) is 19.2 Å². The smallest absolute Gasteiger partial charge is 0.240 e. The molecule has 130 valence electrons. The Morgan fingerprint density at radius 2 is 2.00 bits per heavy atom. The van der Waals surface area contributed by atoms with E-state index >= 15 is 0 Å². The van der Waals surface area contributed by atoms with Crippen molar-refractivity contribution >= 4 is 17.5 Å². The van der Waals surface area contributed by atoms with Gasteiger partial charge in [0.05, 0.1) is 0 Å². The molecule has 0 heterocycles. The van der Waals surface area contributed by atoms with E-state index in [1.54, 1.807) is 4.90 Å². The molecule has 0 bridgehead atoms. The Kier molecular flexibility index (Phi) is 7.04. The van der Waals surface area contributed by atoms with E-state index in [0.29, 0.717) is 6.54 Å². The minimum Gasteiger partial charge on any atom is -0.354 e. The van der Waals surface area contributed by atoms with Gasteiger partial charge in [0.2, 0.25) is 11.8 Å². The second-order valence-electron chi connectivity index (χ2n) is 6.30. The van der Waals surface area contributed by atoms with E-state index in [9.17, 15) is 9.59 Å². The van der Waals surface area contributed by atoms with Crippen LogP contribution in [0.3, 0.4) is 0 Å². The molecule has 24 heavy (non-hydrogen) atoms. The number of benzene rings is 1. The molecule has 0 radical (unpaired) electrons. The summed E-state index contributed by atoms with van der Waals surface area (Å²) in [6.07, 6.45) is 8.89. The normalized spacial score (nSPS) is 14.0. The summed E-state index contributed by atoms with van der Waals surface area (Å²) in [5.74, 6) is -0.214. The summed E-state index contributed by atoms with van der Waals surface area (Å²) < 4.78 is 0. The quantitative estimate of drug-likeness (QED) is 0.777. The third kappa shape index (κ3) is 5.22. The van der Waals surface area contributed by atoms with Gasteiger partial charge in [0.15, 0.2) is 0 Å². The Hall–Kier alpha value is -2.10. The average Bonchev–Trinajstić information content (AvgIpc) is 2.60. The molecule has 0 spiro atoms. The molecule has 1 aromatic rings. The van der Waals surface area contributed by atoms with E-state index < -0.39 is 0 Å². The zero-order valence-corrected chi connectivity index (χ0v) is 14.8. The first kappa shape index (κ1) is 18.2. The van der Waals surface area contributed by atoms with E-state index in [0.717, 1.165) is 36.9 Å². The fraction of sp³-hybridized carbons (Fsp3) is 0.500. The standard InChI is InChI=1S/C20H28N2O2/c1-3-18-11-7-8-12-19(18)22(16(2)23)15-20(24)21-14-13-17-9-5-4-6-10-17/h7-9,11-12H,3-6,10,13-15H2,1-2H3,(H,21,24). The van der Waals surface area contributed by atoms with Gasteiger partial charge in [-0.2, -0.15) is 0 Å². The number of rotatable bonds is 7. The highest BCUT2D eigenvalue weighted by Crippen LogP contribution is 2.21. The Labute approximate surface area is 144 Å². The largest absolute Gasteiger partial charge is 0.354 e. The van der Waals surface area contributed by atoms with E-state index in [1.165, 1.54) is 25.3 Å². The van der Waals surface area contributed by atoms with E-state index in [2.05, 4.69) is 18.3 Å². The Bertz CT molecular complexity index is 607. The van der Waals surface area contributed by atoms with Crippen molar-refractivity contribution in [1.82, 2.24) is 5.32 Å². The van der Waals surface area contributed by atoms with Crippen molar-refractivity contribution in [3.8, 4) is 0 Å². The van der Waals surface area contributed by atoms with Crippen LogP contribution in [0.2, 0.25) is 0 Å². The summed E-state index contributed by atoms with van der Waals surface area (Å²) in [6, 6.07) is 7.76. The molecule has 0 aromatic heterocycles. The predicted octanol–water partition coefficient (Wildman–Crippen LogP) is 3.61. The van der Waals surface area contributed by atoms with Gasteiger partial charge < -0.3 is 10.2 Å². The van der Waals surface area contributed by atoms with Crippen molar-refractivity contribution in [2.75, 3.05) is 18.0 Å². The third-order valence-electron chi connectivity index (χ3n) is 4.50. The topological polar surface area (TPSA) is 49.4 Å². The monoisotopic (exact) mass is 328 g/mol. The number of nitrogens with one attached hydrogen (secondary N) is 1. The van der Waals surface area contributed by atoms with Crippen molar-refractivity contribution in [1.29, 1.82) is 0 Å². The zero-order valence-electron chi connectivity index (χ0n) is 14.8. The molecule has 0 saturated carbocycles. The second-order valence-corrected chi connectivity index (χ2v) is 6.30. The van der Waals surface area contributed by atoms with Gasteiger partial charge in [-0.3, -0.25) is 9.59 Å². The number of hydrogen-bond acceptors (Lipinski definition) is 2. The average molecular weight is 328 g/mol. The van der Waals surface area contributed by atoms with Crippen LogP contribution < -0.4 is 10.2 Å². The number of carbonyl (C=O) groups is 2. The summed E-state index contributed by atoms with van der Waals surface area (Å²) in [5, 5.41) is 2.95. The first-order chi connectivity index (χ1) is 11.6. The van der Waals surface area contributed by atoms with Crippen molar-refractivity contribution in [2.45, 2.75) is 52.4 Å². The molecule has 0 atom stereocenters. The lowest BCUT2D eigenvalue weighted by molar-refractivity contribution is -0.123. The molecule has 0 saturated heterocycles. The fourth-order valence-electron chi connectivity index (χ4n) is 3.13. The molecule has 1 N–H and O–H groups in total. The van der Waals surface area contributed by atoms with Crippen molar-refractivity contribution in [2.24, 2.45) is 0 Å². The summed E-state index contributed by atoms with van der Waals surface area (Å²) >= 11 is 0. The number of allylic oxidation sites excluding steroid dienone is 1. The van der Waals surface area contributed by atoms with Gasteiger partial charge in [-0.25, -0.2) is 0 Å². The van der Waals surface area contributed by atoms with Crippen LogP contribution in [0.5, 0.6) is 0 Å². The summed E-state index contributed by atoms with van der Waals surface area (Å²) in [4.78, 5) is 25.8. The summed E-state index contributed by atoms with van der Waals surface area (Å²) in [5.41, 5.74) is 3.35. The van der Waals surface area contributed by atoms with Gasteiger partial charge in [-0.05, 0) is 50.2 Å². The highest BCUT2D eigenvalue weighted by molar-refractivity contribution is 5.98. The van der Waals surface area contributed by atoms with E-state index in [1.807, 2.05) is 24.3 Å². The molecule has 0 fully saturated rings. The minimum atomic E-state index is -0.110. The van der Waals surface area contributed by atoms with Crippen LogP contribution >= 0.6 is 0 Å². The molecule has 4 nitrogen and oxygen atoms in total. The van der Waals surface area contributed by atoms with Crippen LogP contribution in [0.15, 0.2) is 35.9 Å². The fourth-order valence-corrected chi connectivity index (χ4v) is 3.13. The molecule has 4 heteroatoms. The number of carbonyl (C=O) groups excluding carboxylic acids is 2. The van der Waals surface area contributed by atoms with Gasteiger partial charge in [0.25, 0.3) is 0 Å². The Balaban J connectivity index is 1.91. The number of para-hydroxylation sites is 1. The van der Waals surface area contributed by atoms with Crippen LogP contribution in [-0.2, 0) is 16.0 Å². The maximum atomic E-state index is 12.2. The molecule has 2 amide bonds. The first-order valence-electron chi connectivity index (χ1n) is 8.92. The maximum absolute atomic E-state index is 12.2. The number of amides is 2. The second kappa shape index (κ2) is 9.26. The predicted molar refractivity (Wildman–Crippen MR) is 98.0 cm³/mol. The summed E-state index contributed by atoms with van der Waals surface area (Å²) in [6.45, 7) is 4.28. The van der Waals surface area contributed by atoms with Crippen molar-refractivity contribution in [3.63, 3.8) is 0 Å². The lowest BCUT2D eigenvalue weighted by Gasteiger charge is -2.23. The van der Waals surface area contributed by atoms with Crippen molar-refractivity contribution < 1.29 is 9.59 Å². The molecule has 1 aromatic carbocycles. The number of anilines is 1. The van der Waals surface area contributed by atoms with Crippen LogP contribution in [0, 0.1) is 0 Å². The van der Waals surface area contributed by atoms with Crippen LogP contribution in [-0.4, -0.2) is 24.9 Å².